The Morgan fingerprint density at radius 3 is 2.82 bits per heavy atom. The molecular formula is C24H34N4O3S2. The van der Waals surface area contributed by atoms with Crippen molar-refractivity contribution in [2.24, 2.45) is 0 Å². The summed E-state index contributed by atoms with van der Waals surface area (Å²) < 4.78 is 5.85. The number of nitrogens with zero attached hydrogens (tertiary/aromatic N) is 3. The van der Waals surface area contributed by atoms with E-state index in [2.05, 4.69) is 28.6 Å². The number of H-pyrrole nitrogens is 1. The highest BCUT2D eigenvalue weighted by atomic mass is 32.2. The number of aromatic amines is 1. The molecule has 1 N–H and O–H groups in total. The first-order valence-corrected chi connectivity index (χ1v) is 14.2. The van der Waals surface area contributed by atoms with Gasteiger partial charge in [-0.15, -0.1) is 23.1 Å². The number of aryl methyl sites for hydroxylation is 2. The minimum atomic E-state index is -0.0186. The quantitative estimate of drug-likeness (QED) is 0.670. The minimum Gasteiger partial charge on any atom is -0.373 e. The van der Waals surface area contributed by atoms with E-state index in [1.165, 1.54) is 16.9 Å². The molecule has 2 aromatic heterocycles. The molecule has 2 aliphatic heterocycles. The van der Waals surface area contributed by atoms with Crippen LogP contribution in [0.15, 0.2) is 4.79 Å². The number of thiophene rings is 1. The van der Waals surface area contributed by atoms with E-state index in [1.807, 2.05) is 0 Å². The van der Waals surface area contributed by atoms with Crippen LogP contribution in [0.3, 0.4) is 0 Å². The highest BCUT2D eigenvalue weighted by Crippen LogP contribution is 2.33. The van der Waals surface area contributed by atoms with Gasteiger partial charge in [-0.3, -0.25) is 14.5 Å². The zero-order valence-electron chi connectivity index (χ0n) is 19.6. The van der Waals surface area contributed by atoms with Gasteiger partial charge in [0.1, 0.15) is 10.7 Å². The van der Waals surface area contributed by atoms with Crippen molar-refractivity contribution in [1.29, 1.82) is 0 Å². The van der Waals surface area contributed by atoms with Gasteiger partial charge < -0.3 is 14.6 Å². The second kappa shape index (κ2) is 10.1. The second-order valence-electron chi connectivity index (χ2n) is 9.76. The van der Waals surface area contributed by atoms with E-state index >= 15 is 0 Å². The summed E-state index contributed by atoms with van der Waals surface area (Å²) >= 11 is 3.23. The molecule has 0 aromatic carbocycles. The molecule has 2 saturated heterocycles. The number of aromatic nitrogens is 2. The molecule has 2 aromatic rings. The molecule has 5 rings (SSSR count). The number of morpholine rings is 1. The van der Waals surface area contributed by atoms with Crippen LogP contribution in [0.4, 0.5) is 0 Å². The molecule has 0 bridgehead atoms. The maximum absolute atomic E-state index is 13.0. The van der Waals surface area contributed by atoms with E-state index in [1.54, 1.807) is 23.1 Å². The highest BCUT2D eigenvalue weighted by Gasteiger charge is 2.32. The van der Waals surface area contributed by atoms with Crippen LogP contribution in [0, 0.1) is 0 Å². The summed E-state index contributed by atoms with van der Waals surface area (Å²) in [6, 6.07) is 0.294. The van der Waals surface area contributed by atoms with Gasteiger partial charge in [0, 0.05) is 37.1 Å². The number of thioether (sulfide) groups is 1. The average molecular weight is 491 g/mol. The fourth-order valence-corrected chi connectivity index (χ4v) is 7.73. The van der Waals surface area contributed by atoms with Crippen LogP contribution in [0.5, 0.6) is 0 Å². The van der Waals surface area contributed by atoms with Crippen molar-refractivity contribution in [3.05, 3.63) is 26.6 Å². The molecule has 3 atom stereocenters. The van der Waals surface area contributed by atoms with Crippen LogP contribution in [0.2, 0.25) is 0 Å². The number of ether oxygens (including phenoxy) is 1. The van der Waals surface area contributed by atoms with Crippen molar-refractivity contribution < 1.29 is 9.53 Å². The van der Waals surface area contributed by atoms with E-state index in [0.717, 1.165) is 68.5 Å². The summed E-state index contributed by atoms with van der Waals surface area (Å²) in [7, 11) is 0. The Bertz CT molecular complexity index is 1060. The van der Waals surface area contributed by atoms with E-state index in [-0.39, 0.29) is 23.7 Å². The summed E-state index contributed by atoms with van der Waals surface area (Å²) in [5.41, 5.74) is 1.20. The van der Waals surface area contributed by atoms with Crippen molar-refractivity contribution in [3.8, 4) is 0 Å². The lowest BCUT2D eigenvalue weighted by Crippen LogP contribution is -2.51. The zero-order valence-corrected chi connectivity index (χ0v) is 21.2. The number of hydrogen-bond acceptors (Lipinski definition) is 7. The lowest BCUT2D eigenvalue weighted by Gasteiger charge is -2.38. The van der Waals surface area contributed by atoms with E-state index < -0.39 is 0 Å². The van der Waals surface area contributed by atoms with Crippen LogP contribution >= 0.6 is 23.1 Å². The summed E-state index contributed by atoms with van der Waals surface area (Å²) in [6.07, 6.45) is 7.04. The molecule has 3 aliphatic rings. The number of fused-ring (bicyclic) bond motifs is 3. The Kier molecular flexibility index (Phi) is 7.11. The fraction of sp³-hybridized carbons (Fsp3) is 0.708. The van der Waals surface area contributed by atoms with Gasteiger partial charge in [-0.2, -0.15) is 0 Å². The Morgan fingerprint density at radius 2 is 2.00 bits per heavy atom. The summed E-state index contributed by atoms with van der Waals surface area (Å²) in [5.74, 6) is 1.86. The Balaban J connectivity index is 1.17. The van der Waals surface area contributed by atoms with Gasteiger partial charge in [-0.1, -0.05) is 0 Å². The van der Waals surface area contributed by atoms with Crippen LogP contribution < -0.4 is 5.56 Å². The molecule has 9 heteroatoms. The largest absolute Gasteiger partial charge is 0.373 e. The SMILES string of the molecule is CC1CN(CC2CCCN2C(=O)CSCc2nc3sc4c(c3c(=O)[nH]2)CCCC4)CC(C)O1. The number of likely N-dealkylation sites (tertiary alicyclic amines) is 1. The molecule has 0 radical (unpaired) electrons. The average Bonchev–Trinajstić information content (AvgIpc) is 3.37. The Labute approximate surface area is 203 Å². The first-order valence-electron chi connectivity index (χ1n) is 12.3. The fourth-order valence-electron chi connectivity index (χ4n) is 5.68. The number of nitrogens with one attached hydrogen (secondary N) is 1. The van der Waals surface area contributed by atoms with Crippen molar-refractivity contribution in [2.75, 3.05) is 31.9 Å². The van der Waals surface area contributed by atoms with Gasteiger partial charge in [0.25, 0.3) is 5.56 Å². The standard InChI is InChI=1S/C24H34N4O3S2/c1-15-10-27(11-16(2)31-15)12-17-6-5-9-28(17)21(29)14-32-13-20-25-23(30)22-18-7-3-4-8-19(18)33-24(22)26-20/h15-17H,3-14H2,1-2H3,(H,25,26,30). The molecular weight excluding hydrogens is 456 g/mol. The van der Waals surface area contributed by atoms with Crippen LogP contribution in [0.1, 0.15) is 55.8 Å². The topological polar surface area (TPSA) is 78.5 Å². The molecule has 2 fully saturated rings. The first kappa shape index (κ1) is 23.3. The zero-order chi connectivity index (χ0) is 22.9. The molecule has 1 amide bonds. The van der Waals surface area contributed by atoms with Gasteiger partial charge >= 0.3 is 0 Å². The van der Waals surface area contributed by atoms with Crippen molar-refractivity contribution in [1.82, 2.24) is 19.8 Å². The van der Waals surface area contributed by atoms with Crippen molar-refractivity contribution >= 4 is 39.2 Å². The number of carbonyl (C=O) groups excluding carboxylic acids is 1. The number of rotatable bonds is 6. The minimum absolute atomic E-state index is 0.0186. The van der Waals surface area contributed by atoms with E-state index in [9.17, 15) is 9.59 Å². The maximum Gasteiger partial charge on any atom is 0.259 e. The van der Waals surface area contributed by atoms with E-state index in [0.29, 0.717) is 23.4 Å². The number of amides is 1. The lowest BCUT2D eigenvalue weighted by atomic mass is 9.97. The van der Waals surface area contributed by atoms with Crippen molar-refractivity contribution in [3.63, 3.8) is 0 Å². The van der Waals surface area contributed by atoms with Gasteiger partial charge in [0.2, 0.25) is 5.91 Å². The monoisotopic (exact) mass is 490 g/mol. The molecule has 4 heterocycles. The molecule has 180 valence electrons. The van der Waals surface area contributed by atoms with Crippen molar-refractivity contribution in [2.45, 2.75) is 76.4 Å². The predicted molar refractivity (Wildman–Crippen MR) is 134 cm³/mol. The normalized spacial score (nSPS) is 26.1. The molecule has 0 saturated carbocycles. The molecule has 3 unspecified atom stereocenters. The smallest absolute Gasteiger partial charge is 0.259 e. The maximum atomic E-state index is 13.0. The summed E-state index contributed by atoms with van der Waals surface area (Å²) in [6.45, 7) is 7.90. The van der Waals surface area contributed by atoms with Gasteiger partial charge in [0.15, 0.2) is 0 Å². The Hall–Kier alpha value is -1.42. The van der Waals surface area contributed by atoms with Gasteiger partial charge in [-0.25, -0.2) is 4.98 Å². The lowest BCUT2D eigenvalue weighted by molar-refractivity contribution is -0.130. The van der Waals surface area contributed by atoms with Crippen LogP contribution in [0.25, 0.3) is 10.2 Å². The third-order valence-corrected chi connectivity index (χ3v) is 9.11. The molecule has 7 nitrogen and oxygen atoms in total. The van der Waals surface area contributed by atoms with E-state index in [4.69, 9.17) is 9.72 Å². The second-order valence-corrected chi connectivity index (χ2v) is 11.8. The highest BCUT2D eigenvalue weighted by molar-refractivity contribution is 7.99. The number of carbonyl (C=O) groups is 1. The third kappa shape index (κ3) is 5.16. The molecule has 0 spiro atoms. The summed E-state index contributed by atoms with van der Waals surface area (Å²) in [4.78, 5) is 40.2. The predicted octanol–water partition coefficient (Wildman–Crippen LogP) is 3.20. The van der Waals surface area contributed by atoms with Crippen LogP contribution in [-0.2, 0) is 28.1 Å². The van der Waals surface area contributed by atoms with Crippen LogP contribution in [-0.4, -0.2) is 75.9 Å². The summed E-state index contributed by atoms with van der Waals surface area (Å²) in [5, 5.41) is 0.797. The Morgan fingerprint density at radius 1 is 1.21 bits per heavy atom. The molecule has 33 heavy (non-hydrogen) atoms. The first-order chi connectivity index (χ1) is 16.0. The van der Waals surface area contributed by atoms with Gasteiger partial charge in [-0.05, 0) is 57.9 Å². The number of hydrogen-bond donors (Lipinski definition) is 1. The third-order valence-electron chi connectivity index (χ3n) is 7.00. The molecule has 1 aliphatic carbocycles. The van der Waals surface area contributed by atoms with Gasteiger partial charge in [0.05, 0.1) is 29.1 Å².